The van der Waals surface area contributed by atoms with Crippen LogP contribution < -0.4 is 21.7 Å². The number of imidazole rings is 1. The Bertz CT molecular complexity index is 984. The van der Waals surface area contributed by atoms with E-state index in [1.165, 1.54) is 31.6 Å². The van der Waals surface area contributed by atoms with Crippen molar-refractivity contribution in [2.24, 2.45) is 5.73 Å². The van der Waals surface area contributed by atoms with Gasteiger partial charge in [0.2, 0.25) is 17.7 Å². The molecule has 0 radical (unpaired) electrons. The van der Waals surface area contributed by atoms with E-state index in [2.05, 4.69) is 38.5 Å². The number of phenolic OH excluding ortho intramolecular Hbond substituents is 1. The van der Waals surface area contributed by atoms with E-state index in [1.54, 1.807) is 12.1 Å². The van der Waals surface area contributed by atoms with Gasteiger partial charge in [0.05, 0.1) is 12.4 Å². The molecule has 0 saturated carbocycles. The summed E-state index contributed by atoms with van der Waals surface area (Å²) < 4.78 is 0. The van der Waals surface area contributed by atoms with E-state index in [-0.39, 0.29) is 24.3 Å². The first kappa shape index (κ1) is 26.7. The van der Waals surface area contributed by atoms with E-state index in [1.807, 2.05) is 0 Å². The number of nitrogens with one attached hydrogen (secondary N) is 4. The molecule has 4 atom stereocenters. The van der Waals surface area contributed by atoms with Crippen LogP contribution in [0, 0.1) is 0 Å². The molecule has 34 heavy (non-hydrogen) atoms. The van der Waals surface area contributed by atoms with Crippen LogP contribution in [-0.4, -0.2) is 73.8 Å². The van der Waals surface area contributed by atoms with Crippen molar-refractivity contribution in [3.8, 4) is 5.75 Å². The molecule has 0 aliphatic heterocycles. The lowest BCUT2D eigenvalue weighted by Gasteiger charge is -2.24. The number of nitrogens with zero attached hydrogens (tertiary/aromatic N) is 1. The van der Waals surface area contributed by atoms with Crippen LogP contribution >= 0.6 is 12.6 Å². The molecule has 0 saturated heterocycles. The van der Waals surface area contributed by atoms with Crippen molar-refractivity contribution >= 4 is 36.3 Å². The number of carbonyl (C=O) groups excluding carboxylic acids is 3. The Morgan fingerprint density at radius 1 is 1.03 bits per heavy atom. The summed E-state index contributed by atoms with van der Waals surface area (Å²) >= 11 is 4.12. The highest BCUT2D eigenvalue weighted by molar-refractivity contribution is 7.80. The van der Waals surface area contributed by atoms with Gasteiger partial charge in [-0.05, 0) is 24.6 Å². The van der Waals surface area contributed by atoms with Crippen molar-refractivity contribution < 1.29 is 29.4 Å². The van der Waals surface area contributed by atoms with Crippen molar-refractivity contribution in [1.29, 1.82) is 0 Å². The number of rotatable bonds is 12. The monoisotopic (exact) mass is 492 g/mol. The fraction of sp³-hybridized carbons (Fsp3) is 0.381. The molecule has 2 aromatic rings. The number of hydrogen-bond donors (Lipinski definition) is 8. The van der Waals surface area contributed by atoms with Crippen LogP contribution in [-0.2, 0) is 32.0 Å². The Hall–Kier alpha value is -3.58. The maximum Gasteiger partial charge on any atom is 0.325 e. The number of carboxylic acid groups (broad SMARTS) is 1. The molecule has 12 nitrogen and oxygen atoms in total. The van der Waals surface area contributed by atoms with Gasteiger partial charge >= 0.3 is 5.97 Å². The fourth-order valence-electron chi connectivity index (χ4n) is 2.92. The Balaban J connectivity index is 2.09. The van der Waals surface area contributed by atoms with Gasteiger partial charge in [-0.3, -0.25) is 19.2 Å². The predicted molar refractivity (Wildman–Crippen MR) is 125 cm³/mol. The third kappa shape index (κ3) is 8.08. The van der Waals surface area contributed by atoms with Crippen LogP contribution in [0.4, 0.5) is 0 Å². The fourth-order valence-corrected chi connectivity index (χ4v) is 3.18. The number of hydrogen-bond acceptors (Lipinski definition) is 8. The van der Waals surface area contributed by atoms with Gasteiger partial charge in [0, 0.05) is 30.5 Å². The normalized spacial score (nSPS) is 14.3. The maximum absolute atomic E-state index is 12.9. The summed E-state index contributed by atoms with van der Waals surface area (Å²) in [5.74, 6) is -3.31. The quantitative estimate of drug-likeness (QED) is 0.167. The summed E-state index contributed by atoms with van der Waals surface area (Å²) in [6, 6.07) is 1.57. The standard InChI is InChI=1S/C21H28N6O6S/c1-11(21(32)33)25-19(30)16(6-12-2-4-14(28)5-3-12)26-20(31)17(9-34)27-18(29)15(22)7-13-8-23-10-24-13/h2-5,8,10-11,15-17,28,34H,6-7,9,22H2,1H3,(H,23,24)(H,25,30)(H,26,31)(H,27,29)(H,32,33). The molecule has 2 rings (SSSR count). The highest BCUT2D eigenvalue weighted by atomic mass is 32.1. The molecular weight excluding hydrogens is 464 g/mol. The Labute approximate surface area is 201 Å². The number of aromatic amines is 1. The topological polar surface area (TPSA) is 200 Å². The van der Waals surface area contributed by atoms with Crippen molar-refractivity contribution in [2.45, 2.75) is 43.9 Å². The number of carbonyl (C=O) groups is 4. The highest BCUT2D eigenvalue weighted by Crippen LogP contribution is 2.12. The first-order valence-electron chi connectivity index (χ1n) is 10.4. The predicted octanol–water partition coefficient (Wildman–Crippen LogP) is -1.28. The Morgan fingerprint density at radius 3 is 2.21 bits per heavy atom. The van der Waals surface area contributed by atoms with Crippen molar-refractivity contribution in [2.75, 3.05) is 5.75 Å². The first-order chi connectivity index (χ1) is 16.1. The average molecular weight is 493 g/mol. The maximum atomic E-state index is 12.9. The second kappa shape index (κ2) is 12.6. The number of aromatic nitrogens is 2. The number of H-pyrrole nitrogens is 1. The lowest BCUT2D eigenvalue weighted by molar-refractivity contribution is -0.141. The molecule has 4 unspecified atom stereocenters. The summed E-state index contributed by atoms with van der Waals surface area (Å²) in [4.78, 5) is 55.8. The molecule has 0 aliphatic carbocycles. The van der Waals surface area contributed by atoms with Gasteiger partial charge in [-0.2, -0.15) is 12.6 Å². The molecule has 1 aromatic heterocycles. The lowest BCUT2D eigenvalue weighted by atomic mass is 10.0. The first-order valence-corrected chi connectivity index (χ1v) is 11.0. The number of phenols is 1. The molecule has 3 amide bonds. The number of carboxylic acids is 1. The minimum absolute atomic E-state index is 0.0107. The Morgan fingerprint density at radius 2 is 1.65 bits per heavy atom. The van der Waals surface area contributed by atoms with E-state index in [4.69, 9.17) is 10.8 Å². The molecule has 1 heterocycles. The van der Waals surface area contributed by atoms with Crippen LogP contribution in [0.1, 0.15) is 18.2 Å². The number of nitrogens with two attached hydrogens (primary N) is 1. The second-order valence-electron chi connectivity index (χ2n) is 7.63. The summed E-state index contributed by atoms with van der Waals surface area (Å²) in [6.45, 7) is 1.29. The molecule has 1 aromatic carbocycles. The lowest BCUT2D eigenvalue weighted by Crippen LogP contribution is -2.58. The molecule has 0 aliphatic rings. The van der Waals surface area contributed by atoms with Crippen LogP contribution in [0.25, 0.3) is 0 Å². The van der Waals surface area contributed by atoms with Crippen molar-refractivity contribution in [3.63, 3.8) is 0 Å². The third-order valence-electron chi connectivity index (χ3n) is 4.89. The van der Waals surface area contributed by atoms with Gasteiger partial charge in [-0.25, -0.2) is 4.98 Å². The third-order valence-corrected chi connectivity index (χ3v) is 5.25. The van der Waals surface area contributed by atoms with E-state index in [0.717, 1.165) is 0 Å². The van der Waals surface area contributed by atoms with Crippen LogP contribution in [0.3, 0.4) is 0 Å². The SMILES string of the molecule is CC(NC(=O)C(Cc1ccc(O)cc1)NC(=O)C(CS)NC(=O)C(N)Cc1cnc[nH]1)C(=O)O. The van der Waals surface area contributed by atoms with Crippen LogP contribution in [0.5, 0.6) is 5.75 Å². The molecule has 8 N–H and O–H groups in total. The van der Waals surface area contributed by atoms with Crippen LogP contribution in [0.15, 0.2) is 36.8 Å². The molecular formula is C21H28N6O6S. The molecule has 13 heteroatoms. The summed E-state index contributed by atoms with van der Waals surface area (Å²) in [7, 11) is 0. The summed E-state index contributed by atoms with van der Waals surface area (Å²) in [5, 5.41) is 25.9. The zero-order chi connectivity index (χ0) is 25.3. The highest BCUT2D eigenvalue weighted by Gasteiger charge is 2.29. The number of aromatic hydroxyl groups is 1. The molecule has 184 valence electrons. The van der Waals surface area contributed by atoms with Gasteiger partial charge in [0.25, 0.3) is 0 Å². The minimum atomic E-state index is -1.24. The van der Waals surface area contributed by atoms with Gasteiger partial charge in [-0.15, -0.1) is 0 Å². The molecule has 0 spiro atoms. The van der Waals surface area contributed by atoms with E-state index < -0.39 is 47.9 Å². The summed E-state index contributed by atoms with van der Waals surface area (Å²) in [6.07, 6.45) is 3.16. The summed E-state index contributed by atoms with van der Waals surface area (Å²) in [5.41, 5.74) is 7.15. The van der Waals surface area contributed by atoms with Gasteiger partial charge in [-0.1, -0.05) is 12.1 Å². The largest absolute Gasteiger partial charge is 0.508 e. The van der Waals surface area contributed by atoms with Gasteiger partial charge in [0.1, 0.15) is 23.9 Å². The van der Waals surface area contributed by atoms with Gasteiger partial charge in [0.15, 0.2) is 0 Å². The van der Waals surface area contributed by atoms with Crippen LogP contribution in [0.2, 0.25) is 0 Å². The molecule has 0 fully saturated rings. The zero-order valence-corrected chi connectivity index (χ0v) is 19.3. The number of aliphatic carboxylic acids is 1. The Kier molecular flexibility index (Phi) is 9.89. The number of benzene rings is 1. The van der Waals surface area contributed by atoms with E-state index in [0.29, 0.717) is 11.3 Å². The van der Waals surface area contributed by atoms with Crippen molar-refractivity contribution in [1.82, 2.24) is 25.9 Å². The number of thiol groups is 1. The van der Waals surface area contributed by atoms with E-state index in [9.17, 15) is 24.3 Å². The second-order valence-corrected chi connectivity index (χ2v) is 8.00. The number of amides is 3. The van der Waals surface area contributed by atoms with E-state index >= 15 is 0 Å². The zero-order valence-electron chi connectivity index (χ0n) is 18.4. The van der Waals surface area contributed by atoms with Gasteiger partial charge < -0.3 is 36.9 Å². The minimum Gasteiger partial charge on any atom is -0.508 e. The smallest absolute Gasteiger partial charge is 0.325 e. The molecule has 0 bridgehead atoms. The average Bonchev–Trinajstić information content (AvgIpc) is 3.30. The van der Waals surface area contributed by atoms with Crippen molar-refractivity contribution in [3.05, 3.63) is 48.0 Å².